The van der Waals surface area contributed by atoms with Crippen LogP contribution in [0, 0.1) is 6.92 Å². The summed E-state index contributed by atoms with van der Waals surface area (Å²) in [5.41, 5.74) is 8.57. The normalized spacial score (nSPS) is 10.3. The van der Waals surface area contributed by atoms with Crippen LogP contribution in [0.25, 0.3) is 0 Å². The molecule has 0 spiro atoms. The van der Waals surface area contributed by atoms with Crippen LogP contribution in [0.15, 0.2) is 36.5 Å². The highest BCUT2D eigenvalue weighted by Gasteiger charge is 2.09. The summed E-state index contributed by atoms with van der Waals surface area (Å²) in [6.45, 7) is 2.37. The summed E-state index contributed by atoms with van der Waals surface area (Å²) in [6.07, 6.45) is 2.24. The van der Waals surface area contributed by atoms with Gasteiger partial charge < -0.3 is 11.1 Å². The van der Waals surface area contributed by atoms with Gasteiger partial charge in [0, 0.05) is 29.1 Å². The van der Waals surface area contributed by atoms with Crippen molar-refractivity contribution in [1.82, 2.24) is 10.3 Å². The van der Waals surface area contributed by atoms with Crippen LogP contribution < -0.4 is 11.1 Å². The number of hydrogen-bond donors (Lipinski definition) is 2. The van der Waals surface area contributed by atoms with Gasteiger partial charge in [0.2, 0.25) is 0 Å². The predicted octanol–water partition coefficient (Wildman–Crippen LogP) is 2.60. The first-order chi connectivity index (χ1) is 9.56. The molecule has 20 heavy (non-hydrogen) atoms. The number of amides is 1. The van der Waals surface area contributed by atoms with Crippen molar-refractivity contribution in [3.8, 4) is 0 Å². The summed E-state index contributed by atoms with van der Waals surface area (Å²) in [5.74, 6) is -0.205. The number of halogens is 1. The van der Waals surface area contributed by atoms with Crippen molar-refractivity contribution in [3.63, 3.8) is 0 Å². The molecule has 0 bridgehead atoms. The lowest BCUT2D eigenvalue weighted by atomic mass is 10.1. The lowest BCUT2D eigenvalue weighted by Crippen LogP contribution is -2.26. The minimum absolute atomic E-state index is 0.205. The molecule has 0 aliphatic heterocycles. The van der Waals surface area contributed by atoms with Crippen LogP contribution in [0.2, 0.25) is 5.02 Å². The Labute approximate surface area is 123 Å². The van der Waals surface area contributed by atoms with E-state index < -0.39 is 0 Å². The molecular formula is C15H16ClN3O. The summed E-state index contributed by atoms with van der Waals surface area (Å²) in [4.78, 5) is 16.1. The Morgan fingerprint density at radius 3 is 2.70 bits per heavy atom. The summed E-state index contributed by atoms with van der Waals surface area (Å²) in [7, 11) is 0. The van der Waals surface area contributed by atoms with Gasteiger partial charge in [-0.15, -0.1) is 0 Å². The molecule has 1 aromatic carbocycles. The fourth-order valence-corrected chi connectivity index (χ4v) is 1.96. The highest BCUT2D eigenvalue weighted by atomic mass is 35.5. The van der Waals surface area contributed by atoms with Crippen molar-refractivity contribution in [2.75, 3.05) is 12.3 Å². The van der Waals surface area contributed by atoms with E-state index >= 15 is 0 Å². The van der Waals surface area contributed by atoms with E-state index in [1.807, 2.05) is 31.2 Å². The van der Waals surface area contributed by atoms with Gasteiger partial charge in [0.05, 0.1) is 5.56 Å². The minimum Gasteiger partial charge on any atom is -0.398 e. The maximum atomic E-state index is 12.0. The van der Waals surface area contributed by atoms with E-state index in [-0.39, 0.29) is 5.91 Å². The molecule has 0 radical (unpaired) electrons. The monoisotopic (exact) mass is 289 g/mol. The van der Waals surface area contributed by atoms with Crippen LogP contribution in [0.3, 0.4) is 0 Å². The molecule has 0 saturated heterocycles. The van der Waals surface area contributed by atoms with Crippen molar-refractivity contribution < 1.29 is 4.79 Å². The second-order valence-electron chi connectivity index (χ2n) is 4.55. The molecule has 1 aromatic heterocycles. The number of nitrogens with two attached hydrogens (primary N) is 1. The topological polar surface area (TPSA) is 68.0 Å². The molecule has 0 aliphatic carbocycles. The Kier molecular flexibility index (Phi) is 4.58. The zero-order valence-electron chi connectivity index (χ0n) is 11.2. The summed E-state index contributed by atoms with van der Waals surface area (Å²) in [6, 6.07) is 9.24. The standard InChI is InChI=1S/C15H16ClN3O/c1-10-8-14(17)13(9-19-10)15(20)18-7-6-11-2-4-12(16)5-3-11/h2-5,8-9H,6-7H2,1H3,(H2,17,19)(H,18,20). The lowest BCUT2D eigenvalue weighted by Gasteiger charge is -2.08. The van der Waals surface area contributed by atoms with Crippen molar-refractivity contribution >= 4 is 23.2 Å². The van der Waals surface area contributed by atoms with Crippen molar-refractivity contribution in [2.45, 2.75) is 13.3 Å². The molecule has 1 heterocycles. The molecule has 104 valence electrons. The third-order valence-corrected chi connectivity index (χ3v) is 3.18. The summed E-state index contributed by atoms with van der Waals surface area (Å²) < 4.78 is 0. The van der Waals surface area contributed by atoms with Crippen LogP contribution in [-0.4, -0.2) is 17.4 Å². The number of nitrogen functional groups attached to an aromatic ring is 1. The van der Waals surface area contributed by atoms with E-state index in [2.05, 4.69) is 10.3 Å². The molecule has 0 saturated carbocycles. The number of rotatable bonds is 4. The average Bonchev–Trinajstić information content (AvgIpc) is 2.41. The largest absolute Gasteiger partial charge is 0.398 e. The first kappa shape index (κ1) is 14.3. The molecule has 0 aliphatic rings. The van der Waals surface area contributed by atoms with E-state index in [9.17, 15) is 4.79 Å². The molecule has 2 aromatic rings. The highest BCUT2D eigenvalue weighted by molar-refractivity contribution is 6.30. The summed E-state index contributed by atoms with van der Waals surface area (Å²) >= 11 is 5.82. The quantitative estimate of drug-likeness (QED) is 0.909. The number of carbonyl (C=O) groups is 1. The molecule has 3 N–H and O–H groups in total. The molecule has 0 unspecified atom stereocenters. The smallest absolute Gasteiger partial charge is 0.254 e. The molecule has 0 atom stereocenters. The summed E-state index contributed by atoms with van der Waals surface area (Å²) in [5, 5.41) is 3.54. The number of hydrogen-bond acceptors (Lipinski definition) is 3. The third-order valence-electron chi connectivity index (χ3n) is 2.93. The number of anilines is 1. The van der Waals surface area contributed by atoms with Crippen LogP contribution in [0.5, 0.6) is 0 Å². The van der Waals surface area contributed by atoms with Crippen molar-refractivity contribution in [3.05, 3.63) is 58.4 Å². The third kappa shape index (κ3) is 3.71. The predicted molar refractivity (Wildman–Crippen MR) is 80.9 cm³/mol. The SMILES string of the molecule is Cc1cc(N)c(C(=O)NCCc2ccc(Cl)cc2)cn1. The Hall–Kier alpha value is -2.07. The van der Waals surface area contributed by atoms with Crippen LogP contribution in [0.1, 0.15) is 21.6 Å². The number of pyridine rings is 1. The number of nitrogens with zero attached hydrogens (tertiary/aromatic N) is 1. The number of aryl methyl sites for hydroxylation is 1. The molecule has 1 amide bonds. The molecular weight excluding hydrogens is 274 g/mol. The fraction of sp³-hybridized carbons (Fsp3) is 0.200. The van der Waals surface area contributed by atoms with Crippen LogP contribution in [-0.2, 0) is 6.42 Å². The van der Waals surface area contributed by atoms with E-state index in [1.54, 1.807) is 6.07 Å². The van der Waals surface area contributed by atoms with Gasteiger partial charge in [-0.2, -0.15) is 0 Å². The second-order valence-corrected chi connectivity index (χ2v) is 4.98. The van der Waals surface area contributed by atoms with Gasteiger partial charge in [0.1, 0.15) is 0 Å². The number of carbonyl (C=O) groups excluding carboxylic acids is 1. The van der Waals surface area contributed by atoms with Gasteiger partial charge in [0.15, 0.2) is 0 Å². The van der Waals surface area contributed by atoms with Gasteiger partial charge in [-0.05, 0) is 37.1 Å². The molecule has 4 nitrogen and oxygen atoms in total. The highest BCUT2D eigenvalue weighted by Crippen LogP contribution is 2.12. The van der Waals surface area contributed by atoms with Crippen LogP contribution >= 0.6 is 11.6 Å². The number of aromatic nitrogens is 1. The zero-order chi connectivity index (χ0) is 14.5. The Balaban J connectivity index is 1.90. The number of nitrogens with one attached hydrogen (secondary N) is 1. The first-order valence-corrected chi connectivity index (χ1v) is 6.69. The second kappa shape index (κ2) is 6.39. The zero-order valence-corrected chi connectivity index (χ0v) is 11.9. The van der Waals surface area contributed by atoms with E-state index in [0.29, 0.717) is 22.8 Å². The van der Waals surface area contributed by atoms with Gasteiger partial charge in [-0.25, -0.2) is 0 Å². The lowest BCUT2D eigenvalue weighted by molar-refractivity contribution is 0.0954. The average molecular weight is 290 g/mol. The van der Waals surface area contributed by atoms with Crippen LogP contribution in [0.4, 0.5) is 5.69 Å². The minimum atomic E-state index is -0.205. The molecule has 5 heteroatoms. The maximum absolute atomic E-state index is 12.0. The molecule has 0 fully saturated rings. The Morgan fingerprint density at radius 1 is 1.35 bits per heavy atom. The first-order valence-electron chi connectivity index (χ1n) is 6.31. The molecule has 2 rings (SSSR count). The van der Waals surface area contributed by atoms with Gasteiger partial charge >= 0.3 is 0 Å². The van der Waals surface area contributed by atoms with Crippen molar-refractivity contribution in [2.24, 2.45) is 0 Å². The Bertz CT molecular complexity index is 611. The van der Waals surface area contributed by atoms with E-state index in [4.69, 9.17) is 17.3 Å². The fourth-order valence-electron chi connectivity index (χ4n) is 1.84. The van der Waals surface area contributed by atoms with E-state index in [1.165, 1.54) is 6.20 Å². The maximum Gasteiger partial charge on any atom is 0.254 e. The number of benzene rings is 1. The van der Waals surface area contributed by atoms with Gasteiger partial charge in [-0.1, -0.05) is 23.7 Å². The Morgan fingerprint density at radius 2 is 2.05 bits per heavy atom. The van der Waals surface area contributed by atoms with Gasteiger partial charge in [-0.3, -0.25) is 9.78 Å². The van der Waals surface area contributed by atoms with Gasteiger partial charge in [0.25, 0.3) is 5.91 Å². The van der Waals surface area contributed by atoms with Crippen molar-refractivity contribution in [1.29, 1.82) is 0 Å². The van der Waals surface area contributed by atoms with E-state index in [0.717, 1.165) is 17.7 Å².